The third kappa shape index (κ3) is 3.42. The van der Waals surface area contributed by atoms with Gasteiger partial charge in [0, 0.05) is 17.7 Å². The lowest BCUT2D eigenvalue weighted by Crippen LogP contribution is -2.23. The maximum absolute atomic E-state index is 13.5. The van der Waals surface area contributed by atoms with Crippen molar-refractivity contribution in [2.75, 3.05) is 0 Å². The molecule has 6 heteroatoms. The predicted octanol–water partition coefficient (Wildman–Crippen LogP) is 3.11. The highest BCUT2D eigenvalue weighted by Gasteiger charge is 2.16. The van der Waals surface area contributed by atoms with Gasteiger partial charge in [0.2, 0.25) is 5.89 Å². The number of hydrogen-bond acceptors (Lipinski definition) is 4. The Hall–Kier alpha value is -3.02. The minimum atomic E-state index is -0.542. The highest BCUT2D eigenvalue weighted by Crippen LogP contribution is 2.18. The SMILES string of the molecule is Cc1ccc(-c2nnc(C(=O)NCc3ccccc3F)o2)cc1. The Labute approximate surface area is 132 Å². The molecule has 23 heavy (non-hydrogen) atoms. The van der Waals surface area contributed by atoms with Crippen molar-refractivity contribution in [3.05, 3.63) is 71.4 Å². The number of aryl methyl sites for hydroxylation is 1. The number of benzene rings is 2. The molecule has 0 saturated heterocycles. The Morgan fingerprint density at radius 2 is 1.87 bits per heavy atom. The van der Waals surface area contributed by atoms with Gasteiger partial charge in [-0.15, -0.1) is 10.2 Å². The van der Waals surface area contributed by atoms with E-state index in [0.29, 0.717) is 5.56 Å². The lowest BCUT2D eigenvalue weighted by molar-refractivity contribution is 0.0916. The Balaban J connectivity index is 1.69. The first-order valence-corrected chi connectivity index (χ1v) is 7.05. The Morgan fingerprint density at radius 3 is 2.61 bits per heavy atom. The van der Waals surface area contributed by atoms with Crippen LogP contribution in [0.4, 0.5) is 4.39 Å². The fourth-order valence-electron chi connectivity index (χ4n) is 2.02. The molecule has 0 atom stereocenters. The number of aromatic nitrogens is 2. The molecular weight excluding hydrogens is 297 g/mol. The van der Waals surface area contributed by atoms with Crippen molar-refractivity contribution in [1.82, 2.24) is 15.5 Å². The molecule has 0 aliphatic heterocycles. The van der Waals surface area contributed by atoms with Gasteiger partial charge in [0.05, 0.1) is 0 Å². The Kier molecular flexibility index (Phi) is 4.14. The average molecular weight is 311 g/mol. The molecule has 1 heterocycles. The van der Waals surface area contributed by atoms with Crippen LogP contribution in [-0.4, -0.2) is 16.1 Å². The van der Waals surface area contributed by atoms with E-state index < -0.39 is 5.91 Å². The first-order valence-electron chi connectivity index (χ1n) is 7.05. The zero-order chi connectivity index (χ0) is 16.2. The molecule has 1 amide bonds. The van der Waals surface area contributed by atoms with Crippen molar-refractivity contribution in [3.8, 4) is 11.5 Å². The van der Waals surface area contributed by atoms with E-state index in [-0.39, 0.29) is 24.1 Å². The van der Waals surface area contributed by atoms with Gasteiger partial charge in [-0.3, -0.25) is 4.79 Å². The van der Waals surface area contributed by atoms with Gasteiger partial charge in [-0.1, -0.05) is 35.9 Å². The summed E-state index contributed by atoms with van der Waals surface area (Å²) in [6, 6.07) is 13.7. The van der Waals surface area contributed by atoms with Crippen LogP contribution in [0.25, 0.3) is 11.5 Å². The van der Waals surface area contributed by atoms with Gasteiger partial charge in [0.15, 0.2) is 0 Å². The molecule has 0 saturated carbocycles. The molecular formula is C17H14FN3O2. The van der Waals surface area contributed by atoms with Gasteiger partial charge in [-0.2, -0.15) is 0 Å². The van der Waals surface area contributed by atoms with E-state index in [2.05, 4.69) is 15.5 Å². The molecule has 0 radical (unpaired) electrons. The number of halogens is 1. The van der Waals surface area contributed by atoms with E-state index in [4.69, 9.17) is 4.42 Å². The van der Waals surface area contributed by atoms with Crippen molar-refractivity contribution in [1.29, 1.82) is 0 Å². The molecule has 0 unspecified atom stereocenters. The summed E-state index contributed by atoms with van der Waals surface area (Å²) in [5.41, 5.74) is 2.23. The minimum absolute atomic E-state index is 0.0494. The maximum Gasteiger partial charge on any atom is 0.309 e. The second kappa shape index (κ2) is 6.39. The molecule has 0 bridgehead atoms. The van der Waals surface area contributed by atoms with Crippen LogP contribution in [0.3, 0.4) is 0 Å². The number of nitrogens with one attached hydrogen (secondary N) is 1. The summed E-state index contributed by atoms with van der Waals surface area (Å²) in [5.74, 6) is -0.809. The number of carbonyl (C=O) groups excluding carboxylic acids is 1. The van der Waals surface area contributed by atoms with Crippen molar-refractivity contribution in [3.63, 3.8) is 0 Å². The van der Waals surface area contributed by atoms with Crippen LogP contribution in [0.5, 0.6) is 0 Å². The number of carbonyl (C=O) groups is 1. The molecule has 1 aromatic heterocycles. The van der Waals surface area contributed by atoms with Crippen LogP contribution in [0.15, 0.2) is 52.9 Å². The third-order valence-corrected chi connectivity index (χ3v) is 3.31. The first-order chi connectivity index (χ1) is 11.1. The van der Waals surface area contributed by atoms with Gasteiger partial charge in [-0.25, -0.2) is 4.39 Å². The quantitative estimate of drug-likeness (QED) is 0.804. The molecule has 0 aliphatic rings. The van der Waals surface area contributed by atoms with Gasteiger partial charge >= 0.3 is 11.8 Å². The molecule has 1 N–H and O–H groups in total. The third-order valence-electron chi connectivity index (χ3n) is 3.31. The first kappa shape index (κ1) is 14.9. The molecule has 0 spiro atoms. The Morgan fingerprint density at radius 1 is 1.13 bits per heavy atom. The highest BCUT2D eigenvalue weighted by molar-refractivity contribution is 5.89. The van der Waals surface area contributed by atoms with Crippen molar-refractivity contribution < 1.29 is 13.6 Å². The standard InChI is InChI=1S/C17H14FN3O2/c1-11-6-8-12(9-7-11)16-20-21-17(23-16)15(22)19-10-13-4-2-3-5-14(13)18/h2-9H,10H2,1H3,(H,19,22). The molecule has 116 valence electrons. The molecule has 2 aromatic carbocycles. The summed E-state index contributed by atoms with van der Waals surface area (Å²) in [4.78, 5) is 12.0. The van der Waals surface area contributed by atoms with E-state index in [1.165, 1.54) is 6.07 Å². The highest BCUT2D eigenvalue weighted by atomic mass is 19.1. The lowest BCUT2D eigenvalue weighted by atomic mass is 10.1. The van der Waals surface area contributed by atoms with Crippen LogP contribution in [0.1, 0.15) is 21.8 Å². The zero-order valence-corrected chi connectivity index (χ0v) is 12.4. The molecule has 5 nitrogen and oxygen atoms in total. The zero-order valence-electron chi connectivity index (χ0n) is 12.4. The lowest BCUT2D eigenvalue weighted by Gasteiger charge is -2.03. The largest absolute Gasteiger partial charge is 0.412 e. The summed E-state index contributed by atoms with van der Waals surface area (Å²) in [6.07, 6.45) is 0. The molecule has 3 rings (SSSR count). The number of rotatable bonds is 4. The van der Waals surface area contributed by atoms with Gasteiger partial charge < -0.3 is 9.73 Å². The van der Waals surface area contributed by atoms with Crippen molar-refractivity contribution in [2.24, 2.45) is 0 Å². The monoisotopic (exact) mass is 311 g/mol. The van der Waals surface area contributed by atoms with Crippen LogP contribution in [0, 0.1) is 12.7 Å². The van der Waals surface area contributed by atoms with Crippen LogP contribution >= 0.6 is 0 Å². The summed E-state index contributed by atoms with van der Waals surface area (Å²) in [5, 5.41) is 10.1. The van der Waals surface area contributed by atoms with Crippen LogP contribution in [0.2, 0.25) is 0 Å². The van der Waals surface area contributed by atoms with E-state index >= 15 is 0 Å². The molecule has 0 aliphatic carbocycles. The summed E-state index contributed by atoms with van der Waals surface area (Å²) in [7, 11) is 0. The van der Waals surface area contributed by atoms with Crippen molar-refractivity contribution in [2.45, 2.75) is 13.5 Å². The van der Waals surface area contributed by atoms with Crippen molar-refractivity contribution >= 4 is 5.91 Å². The fourth-order valence-corrected chi connectivity index (χ4v) is 2.02. The predicted molar refractivity (Wildman–Crippen MR) is 82.0 cm³/mol. The van der Waals surface area contributed by atoms with E-state index in [0.717, 1.165) is 11.1 Å². The maximum atomic E-state index is 13.5. The normalized spacial score (nSPS) is 10.5. The molecule has 3 aromatic rings. The van der Waals surface area contributed by atoms with Gasteiger partial charge in [0.1, 0.15) is 5.82 Å². The second-order valence-electron chi connectivity index (χ2n) is 5.05. The van der Waals surface area contributed by atoms with Crippen LogP contribution < -0.4 is 5.32 Å². The van der Waals surface area contributed by atoms with E-state index in [1.54, 1.807) is 18.2 Å². The summed E-state index contributed by atoms with van der Waals surface area (Å²) >= 11 is 0. The number of nitrogens with zero attached hydrogens (tertiary/aromatic N) is 2. The topological polar surface area (TPSA) is 68.0 Å². The summed E-state index contributed by atoms with van der Waals surface area (Å²) < 4.78 is 18.9. The van der Waals surface area contributed by atoms with E-state index in [9.17, 15) is 9.18 Å². The van der Waals surface area contributed by atoms with Crippen LogP contribution in [-0.2, 0) is 6.54 Å². The smallest absolute Gasteiger partial charge is 0.309 e. The van der Waals surface area contributed by atoms with Gasteiger partial charge in [0.25, 0.3) is 0 Å². The second-order valence-corrected chi connectivity index (χ2v) is 5.05. The number of amides is 1. The number of hydrogen-bond donors (Lipinski definition) is 1. The molecule has 0 fully saturated rings. The summed E-state index contributed by atoms with van der Waals surface area (Å²) in [6.45, 7) is 2.02. The Bertz CT molecular complexity index is 828. The average Bonchev–Trinajstić information content (AvgIpc) is 3.04. The minimum Gasteiger partial charge on any atom is -0.412 e. The fraction of sp³-hybridized carbons (Fsp3) is 0.118. The van der Waals surface area contributed by atoms with E-state index in [1.807, 2.05) is 31.2 Å². The van der Waals surface area contributed by atoms with Gasteiger partial charge in [-0.05, 0) is 25.1 Å².